The van der Waals surface area contributed by atoms with Crippen LogP contribution in [0, 0.1) is 27.7 Å². The molecule has 6 rings (SSSR count). The number of rotatable bonds is 6. The van der Waals surface area contributed by atoms with Gasteiger partial charge in [0.15, 0.2) is 0 Å². The Bertz CT molecular complexity index is 1550. The van der Waals surface area contributed by atoms with Crippen LogP contribution in [0.5, 0.6) is 0 Å². The van der Waals surface area contributed by atoms with E-state index in [0.717, 1.165) is 34.1 Å². The Labute approximate surface area is 238 Å². The topological polar surface area (TPSA) is 6.48 Å². The van der Waals surface area contributed by atoms with Crippen LogP contribution < -0.4 is 9.80 Å². The van der Waals surface area contributed by atoms with Crippen LogP contribution >= 0.6 is 0 Å². The third-order valence-electron chi connectivity index (χ3n) is 7.38. The summed E-state index contributed by atoms with van der Waals surface area (Å²) in [6.07, 6.45) is 0. The van der Waals surface area contributed by atoms with Crippen LogP contribution in [-0.2, 0) is 0 Å². The van der Waals surface area contributed by atoms with Gasteiger partial charge in [0, 0.05) is 33.9 Å². The molecule has 0 saturated carbocycles. The number of fused-ring (bicyclic) bond motifs is 1. The third-order valence-corrected chi connectivity index (χ3v) is 7.38. The van der Waals surface area contributed by atoms with E-state index in [2.05, 4.69) is 171 Å². The first-order chi connectivity index (χ1) is 19.5. The Balaban J connectivity index is 1.66. The van der Waals surface area contributed by atoms with Crippen molar-refractivity contribution < 1.29 is 0 Å². The van der Waals surface area contributed by atoms with Crippen molar-refractivity contribution in [2.45, 2.75) is 27.7 Å². The molecule has 0 N–H and O–H groups in total. The van der Waals surface area contributed by atoms with E-state index < -0.39 is 0 Å². The van der Waals surface area contributed by atoms with Crippen molar-refractivity contribution in [3.63, 3.8) is 0 Å². The molecule has 0 aromatic heterocycles. The lowest BCUT2D eigenvalue weighted by Gasteiger charge is -2.27. The predicted molar refractivity (Wildman–Crippen MR) is 171 cm³/mol. The molecule has 0 amide bonds. The molecule has 40 heavy (non-hydrogen) atoms. The van der Waals surface area contributed by atoms with Crippen LogP contribution in [0.1, 0.15) is 22.3 Å². The second-order valence-corrected chi connectivity index (χ2v) is 10.7. The van der Waals surface area contributed by atoms with Crippen molar-refractivity contribution in [1.82, 2.24) is 0 Å². The van der Waals surface area contributed by atoms with Crippen molar-refractivity contribution in [2.75, 3.05) is 9.80 Å². The summed E-state index contributed by atoms with van der Waals surface area (Å²) < 4.78 is 0. The Morgan fingerprint density at radius 2 is 0.650 bits per heavy atom. The van der Waals surface area contributed by atoms with E-state index in [9.17, 15) is 0 Å². The van der Waals surface area contributed by atoms with Crippen LogP contribution in [0.25, 0.3) is 11.1 Å². The number of anilines is 6. The Kier molecular flexibility index (Phi) is 6.84. The fourth-order valence-electron chi connectivity index (χ4n) is 5.57. The number of nitrogens with zero attached hydrogens (tertiary/aromatic N) is 2. The monoisotopic (exact) mass is 518 g/mol. The average molecular weight is 519 g/mol. The summed E-state index contributed by atoms with van der Waals surface area (Å²) in [6, 6.07) is 48.3. The molecule has 0 spiro atoms. The lowest BCUT2D eigenvalue weighted by Crippen LogP contribution is -2.11. The molecule has 0 heterocycles. The smallest absolute Gasteiger partial charge is 0.0561 e. The first-order valence-corrected chi connectivity index (χ1v) is 13.9. The largest absolute Gasteiger partial charge is 0.310 e. The maximum absolute atomic E-state index is 2.40. The highest BCUT2D eigenvalue weighted by Crippen LogP contribution is 2.51. The van der Waals surface area contributed by atoms with Gasteiger partial charge in [0.25, 0.3) is 0 Å². The van der Waals surface area contributed by atoms with Gasteiger partial charge in [-0.1, -0.05) is 78.9 Å². The van der Waals surface area contributed by atoms with Crippen molar-refractivity contribution in [1.29, 1.82) is 0 Å². The van der Waals surface area contributed by atoms with E-state index in [1.165, 1.54) is 33.4 Å². The SMILES string of the molecule is Cc1cccc(N(c2cccc(C)c2)c2cc(N(c3cccc(C)c3)c3cccc(C)c3)c3cccccc2-3)c1. The van der Waals surface area contributed by atoms with Gasteiger partial charge in [0.05, 0.1) is 11.4 Å². The number of aryl methyl sites for hydroxylation is 4. The number of benzene rings is 4. The van der Waals surface area contributed by atoms with E-state index in [1.807, 2.05) is 0 Å². The zero-order valence-corrected chi connectivity index (χ0v) is 23.6. The highest BCUT2D eigenvalue weighted by Gasteiger charge is 2.26. The molecule has 0 aliphatic heterocycles. The maximum Gasteiger partial charge on any atom is 0.0561 e. The quantitative estimate of drug-likeness (QED) is 0.216. The van der Waals surface area contributed by atoms with Crippen molar-refractivity contribution in [3.8, 4) is 11.1 Å². The van der Waals surface area contributed by atoms with Crippen molar-refractivity contribution in [2.24, 2.45) is 0 Å². The first kappa shape index (κ1) is 25.5. The van der Waals surface area contributed by atoms with Crippen molar-refractivity contribution >= 4 is 34.1 Å². The van der Waals surface area contributed by atoms with Gasteiger partial charge >= 0.3 is 0 Å². The summed E-state index contributed by atoms with van der Waals surface area (Å²) in [7, 11) is 0. The molecule has 2 aliphatic rings. The molecule has 0 bridgehead atoms. The standard InChI is InChI=1S/C38H34N2/c1-27-12-8-16-31(22-27)39(32-17-9-13-28(2)23-32)37-26-38(36-21-7-5-6-20-35(36)37)40(33-18-10-14-29(3)24-33)34-19-11-15-30(4)25-34/h5-26H,1-4H3. The molecule has 2 aliphatic carbocycles. The number of hydrogen-bond acceptors (Lipinski definition) is 2. The molecule has 0 unspecified atom stereocenters. The first-order valence-electron chi connectivity index (χ1n) is 13.9. The van der Waals surface area contributed by atoms with Gasteiger partial charge < -0.3 is 9.80 Å². The van der Waals surface area contributed by atoms with Gasteiger partial charge in [-0.15, -0.1) is 0 Å². The van der Waals surface area contributed by atoms with Crippen LogP contribution in [0.15, 0.2) is 133 Å². The summed E-state index contributed by atoms with van der Waals surface area (Å²) in [5, 5.41) is 0. The Morgan fingerprint density at radius 1 is 0.325 bits per heavy atom. The fourth-order valence-corrected chi connectivity index (χ4v) is 5.57. The van der Waals surface area contributed by atoms with Gasteiger partial charge in [-0.3, -0.25) is 0 Å². The zero-order chi connectivity index (χ0) is 27.6. The van der Waals surface area contributed by atoms with E-state index in [0.29, 0.717) is 0 Å². The summed E-state index contributed by atoms with van der Waals surface area (Å²) in [4.78, 5) is 4.80. The van der Waals surface area contributed by atoms with E-state index in [1.54, 1.807) is 0 Å². The molecule has 4 aromatic rings. The van der Waals surface area contributed by atoms with Crippen LogP contribution in [0.3, 0.4) is 0 Å². The molecule has 196 valence electrons. The summed E-state index contributed by atoms with van der Waals surface area (Å²) >= 11 is 0. The second kappa shape index (κ2) is 10.7. The summed E-state index contributed by atoms with van der Waals surface area (Å²) in [5.41, 5.74) is 14.2. The maximum atomic E-state index is 2.40. The van der Waals surface area contributed by atoms with Gasteiger partial charge in [-0.25, -0.2) is 0 Å². The molecule has 0 radical (unpaired) electrons. The molecule has 0 fully saturated rings. The predicted octanol–water partition coefficient (Wildman–Crippen LogP) is 11.0. The Hall–Kier alpha value is -4.82. The van der Waals surface area contributed by atoms with E-state index in [-0.39, 0.29) is 0 Å². The summed E-state index contributed by atoms with van der Waals surface area (Å²) in [6.45, 7) is 8.63. The molecular weight excluding hydrogens is 484 g/mol. The lowest BCUT2D eigenvalue weighted by atomic mass is 10.1. The summed E-state index contributed by atoms with van der Waals surface area (Å²) in [5.74, 6) is 0. The number of hydrogen-bond donors (Lipinski definition) is 0. The van der Waals surface area contributed by atoms with Gasteiger partial charge in [0.1, 0.15) is 0 Å². The lowest BCUT2D eigenvalue weighted by molar-refractivity contribution is 1.26. The molecule has 2 nitrogen and oxygen atoms in total. The minimum atomic E-state index is 1.15. The van der Waals surface area contributed by atoms with E-state index in [4.69, 9.17) is 0 Å². The minimum Gasteiger partial charge on any atom is -0.310 e. The van der Waals surface area contributed by atoms with Gasteiger partial charge in [-0.2, -0.15) is 0 Å². The second-order valence-electron chi connectivity index (χ2n) is 10.7. The molecule has 0 atom stereocenters. The van der Waals surface area contributed by atoms with Gasteiger partial charge in [0.2, 0.25) is 0 Å². The highest BCUT2D eigenvalue weighted by molar-refractivity contribution is 6.01. The molecule has 0 saturated heterocycles. The van der Waals surface area contributed by atoms with Crippen molar-refractivity contribution in [3.05, 3.63) is 156 Å². The fraction of sp³-hybridized carbons (Fsp3) is 0.105. The Morgan fingerprint density at radius 3 is 0.950 bits per heavy atom. The molecular formula is C38H34N2. The normalized spacial score (nSPS) is 11.0. The highest BCUT2D eigenvalue weighted by atomic mass is 15.2. The van der Waals surface area contributed by atoms with Crippen LogP contribution in [-0.4, -0.2) is 0 Å². The van der Waals surface area contributed by atoms with E-state index >= 15 is 0 Å². The minimum absolute atomic E-state index is 1.15. The van der Waals surface area contributed by atoms with Crippen LogP contribution in [0.2, 0.25) is 0 Å². The molecule has 4 aromatic carbocycles. The zero-order valence-electron chi connectivity index (χ0n) is 23.6. The van der Waals surface area contributed by atoms with Crippen LogP contribution in [0.4, 0.5) is 34.1 Å². The van der Waals surface area contributed by atoms with Gasteiger partial charge in [-0.05, 0) is 105 Å². The molecule has 2 heteroatoms. The average Bonchev–Trinajstić information content (AvgIpc) is 3.09. The third kappa shape index (κ3) is 4.97.